The van der Waals surface area contributed by atoms with Crippen LogP contribution in [0.25, 0.3) is 28.7 Å². The molecular formula is C22H15IN4O3. The van der Waals surface area contributed by atoms with Crippen molar-refractivity contribution in [1.82, 2.24) is 14.5 Å². The Morgan fingerprint density at radius 2 is 1.93 bits per heavy atom. The van der Waals surface area contributed by atoms with Crippen LogP contribution in [0.5, 0.6) is 0 Å². The van der Waals surface area contributed by atoms with Gasteiger partial charge < -0.3 is 0 Å². The molecule has 148 valence electrons. The number of nitro groups is 1. The van der Waals surface area contributed by atoms with E-state index in [9.17, 15) is 14.9 Å². The summed E-state index contributed by atoms with van der Waals surface area (Å²) in [4.78, 5) is 33.5. The fraction of sp³-hybridized carbons (Fsp3) is 0.0455. The van der Waals surface area contributed by atoms with Gasteiger partial charge in [-0.05, 0) is 83.6 Å². The molecule has 2 aromatic heterocycles. The van der Waals surface area contributed by atoms with Crippen molar-refractivity contribution in [3.05, 3.63) is 102 Å². The number of benzene rings is 2. The minimum Gasteiger partial charge on any atom is -0.268 e. The van der Waals surface area contributed by atoms with Gasteiger partial charge in [0.25, 0.3) is 11.2 Å². The standard InChI is InChI=1S/C22H15IN4O3/c1-14-5-9-19(20(12-14)27(29)30)26-21(10-7-16-4-2-3-11-24-16)25-18-8-6-15(23)13-17(18)22(26)28/h2-13H,1H3/b10-7+. The Kier molecular flexibility index (Phi) is 5.40. The average Bonchev–Trinajstić information content (AvgIpc) is 2.74. The maximum absolute atomic E-state index is 13.4. The van der Waals surface area contributed by atoms with Crippen LogP contribution >= 0.6 is 22.6 Å². The summed E-state index contributed by atoms with van der Waals surface area (Å²) in [5.41, 5.74) is 1.57. The van der Waals surface area contributed by atoms with Gasteiger partial charge in [-0.1, -0.05) is 12.1 Å². The van der Waals surface area contributed by atoms with Crippen LogP contribution in [0.3, 0.4) is 0 Å². The number of aromatic nitrogens is 3. The van der Waals surface area contributed by atoms with E-state index in [2.05, 4.69) is 32.6 Å². The molecule has 0 aliphatic heterocycles. The lowest BCUT2D eigenvalue weighted by molar-refractivity contribution is -0.384. The Morgan fingerprint density at radius 1 is 1.10 bits per heavy atom. The monoisotopic (exact) mass is 510 g/mol. The second kappa shape index (κ2) is 8.15. The smallest absolute Gasteiger partial charge is 0.268 e. The Labute approximate surface area is 185 Å². The summed E-state index contributed by atoms with van der Waals surface area (Å²) >= 11 is 2.12. The maximum atomic E-state index is 13.4. The number of halogens is 1. The highest BCUT2D eigenvalue weighted by molar-refractivity contribution is 14.1. The van der Waals surface area contributed by atoms with E-state index in [-0.39, 0.29) is 22.8 Å². The second-order valence-corrected chi connectivity index (χ2v) is 7.85. The second-order valence-electron chi connectivity index (χ2n) is 6.61. The number of hydrogen-bond acceptors (Lipinski definition) is 5. The van der Waals surface area contributed by atoms with Gasteiger partial charge in [0, 0.05) is 15.8 Å². The average molecular weight is 510 g/mol. The molecule has 2 aromatic carbocycles. The van der Waals surface area contributed by atoms with Crippen LogP contribution in [0.15, 0.2) is 65.6 Å². The van der Waals surface area contributed by atoms with Gasteiger partial charge >= 0.3 is 0 Å². The molecule has 0 radical (unpaired) electrons. The van der Waals surface area contributed by atoms with Crippen LogP contribution in [-0.2, 0) is 0 Å². The van der Waals surface area contributed by atoms with Gasteiger partial charge in [0.15, 0.2) is 0 Å². The first kappa shape index (κ1) is 19.9. The molecule has 0 unspecified atom stereocenters. The quantitative estimate of drug-likeness (QED) is 0.224. The molecule has 0 spiro atoms. The molecule has 2 heterocycles. The molecule has 30 heavy (non-hydrogen) atoms. The molecule has 0 bridgehead atoms. The van der Waals surface area contributed by atoms with Crippen molar-refractivity contribution in [2.75, 3.05) is 0 Å². The molecule has 4 rings (SSSR count). The largest absolute Gasteiger partial charge is 0.293 e. The molecule has 8 heteroatoms. The van der Waals surface area contributed by atoms with Gasteiger partial charge in [-0.2, -0.15) is 0 Å². The van der Waals surface area contributed by atoms with E-state index in [1.54, 1.807) is 55.6 Å². The molecule has 4 aromatic rings. The van der Waals surface area contributed by atoms with Crippen molar-refractivity contribution in [3.8, 4) is 5.69 Å². The highest BCUT2D eigenvalue weighted by Crippen LogP contribution is 2.25. The SMILES string of the molecule is Cc1ccc(-n2c(/C=C/c3ccccn3)nc3ccc(I)cc3c2=O)c([N+](=O)[O-])c1. The van der Waals surface area contributed by atoms with Crippen LogP contribution in [0.2, 0.25) is 0 Å². The fourth-order valence-corrected chi connectivity index (χ4v) is 3.61. The molecule has 0 aliphatic carbocycles. The predicted molar refractivity (Wildman–Crippen MR) is 125 cm³/mol. The molecule has 0 N–H and O–H groups in total. The number of pyridine rings is 1. The maximum Gasteiger partial charge on any atom is 0.293 e. The summed E-state index contributed by atoms with van der Waals surface area (Å²) in [7, 11) is 0. The van der Waals surface area contributed by atoms with Crippen LogP contribution in [0.4, 0.5) is 5.69 Å². The summed E-state index contributed by atoms with van der Waals surface area (Å²) in [6.45, 7) is 1.77. The van der Waals surface area contributed by atoms with E-state index in [4.69, 9.17) is 0 Å². The number of nitrogens with zero attached hydrogens (tertiary/aromatic N) is 4. The molecule has 0 fully saturated rings. The van der Waals surface area contributed by atoms with E-state index < -0.39 is 4.92 Å². The molecule has 0 amide bonds. The van der Waals surface area contributed by atoms with Gasteiger partial charge in [-0.3, -0.25) is 24.5 Å². The Morgan fingerprint density at radius 3 is 2.67 bits per heavy atom. The van der Waals surface area contributed by atoms with Crippen LogP contribution in [-0.4, -0.2) is 19.5 Å². The van der Waals surface area contributed by atoms with Gasteiger partial charge in [-0.25, -0.2) is 4.98 Å². The van der Waals surface area contributed by atoms with Crippen LogP contribution < -0.4 is 5.56 Å². The first-order valence-electron chi connectivity index (χ1n) is 9.01. The number of hydrogen-bond donors (Lipinski definition) is 0. The highest BCUT2D eigenvalue weighted by Gasteiger charge is 2.20. The molecule has 0 saturated carbocycles. The molecule has 7 nitrogen and oxygen atoms in total. The van der Waals surface area contributed by atoms with Crippen molar-refractivity contribution in [3.63, 3.8) is 0 Å². The van der Waals surface area contributed by atoms with Crippen LogP contribution in [0, 0.1) is 20.6 Å². The fourth-order valence-electron chi connectivity index (χ4n) is 3.12. The number of aryl methyl sites for hydroxylation is 1. The van der Waals surface area contributed by atoms with Gasteiger partial charge in [0.05, 0.1) is 21.5 Å². The van der Waals surface area contributed by atoms with Gasteiger partial charge in [0.1, 0.15) is 11.5 Å². The predicted octanol–water partition coefficient (Wildman–Crippen LogP) is 4.77. The molecule has 0 aliphatic rings. The lowest BCUT2D eigenvalue weighted by atomic mass is 10.1. The van der Waals surface area contributed by atoms with Crippen molar-refractivity contribution in [2.24, 2.45) is 0 Å². The zero-order chi connectivity index (χ0) is 21.3. The number of rotatable bonds is 4. The Balaban J connectivity index is 2.04. The van der Waals surface area contributed by atoms with Gasteiger partial charge in [0.2, 0.25) is 0 Å². The van der Waals surface area contributed by atoms with Crippen molar-refractivity contribution in [1.29, 1.82) is 0 Å². The molecule has 0 saturated heterocycles. The first-order chi connectivity index (χ1) is 14.4. The minimum absolute atomic E-state index is 0.156. The normalized spacial score (nSPS) is 11.3. The molecular weight excluding hydrogens is 495 g/mol. The summed E-state index contributed by atoms with van der Waals surface area (Å²) in [5, 5.41) is 12.1. The zero-order valence-corrected chi connectivity index (χ0v) is 18.0. The third-order valence-electron chi connectivity index (χ3n) is 4.52. The summed E-state index contributed by atoms with van der Waals surface area (Å²) in [5.74, 6) is 0.284. The summed E-state index contributed by atoms with van der Waals surface area (Å²) in [6.07, 6.45) is 5.02. The Bertz CT molecular complexity index is 1360. The highest BCUT2D eigenvalue weighted by atomic mass is 127. The van der Waals surface area contributed by atoms with E-state index in [0.717, 1.165) is 9.13 Å². The van der Waals surface area contributed by atoms with Gasteiger partial charge in [-0.15, -0.1) is 0 Å². The lowest BCUT2D eigenvalue weighted by Crippen LogP contribution is -2.23. The zero-order valence-electron chi connectivity index (χ0n) is 15.8. The summed E-state index contributed by atoms with van der Waals surface area (Å²) < 4.78 is 2.16. The third-order valence-corrected chi connectivity index (χ3v) is 5.19. The Hall–Kier alpha value is -3.40. The minimum atomic E-state index is -0.486. The van der Waals surface area contributed by atoms with Crippen molar-refractivity contribution in [2.45, 2.75) is 6.92 Å². The lowest BCUT2D eigenvalue weighted by Gasteiger charge is -2.12. The van der Waals surface area contributed by atoms with E-state index >= 15 is 0 Å². The van der Waals surface area contributed by atoms with E-state index in [0.29, 0.717) is 16.6 Å². The van der Waals surface area contributed by atoms with E-state index in [1.807, 2.05) is 18.2 Å². The third kappa shape index (κ3) is 3.86. The topological polar surface area (TPSA) is 90.9 Å². The number of fused-ring (bicyclic) bond motifs is 1. The first-order valence-corrected chi connectivity index (χ1v) is 10.1. The van der Waals surface area contributed by atoms with Crippen molar-refractivity contribution < 1.29 is 4.92 Å². The number of nitro benzene ring substituents is 1. The molecule has 0 atom stereocenters. The van der Waals surface area contributed by atoms with Crippen molar-refractivity contribution >= 4 is 51.3 Å². The van der Waals surface area contributed by atoms with E-state index in [1.165, 1.54) is 10.6 Å². The van der Waals surface area contributed by atoms with Crippen LogP contribution in [0.1, 0.15) is 17.1 Å². The summed E-state index contributed by atoms with van der Waals surface area (Å²) in [6, 6.07) is 15.6.